The predicted octanol–water partition coefficient (Wildman–Crippen LogP) is 4.99. The molecular weight excluding hydrogens is 418 g/mol. The Morgan fingerprint density at radius 1 is 0.778 bits per heavy atom. The van der Waals surface area contributed by atoms with Gasteiger partial charge in [-0.2, -0.15) is 0 Å². The van der Waals surface area contributed by atoms with E-state index in [-0.39, 0.29) is 22.6 Å². The highest BCUT2D eigenvalue weighted by Gasteiger charge is 2.31. The Morgan fingerprint density at radius 2 is 1.07 bits per heavy atom. The highest BCUT2D eigenvalue weighted by molar-refractivity contribution is 7.54. The van der Waals surface area contributed by atoms with Crippen LogP contribution in [0.25, 0.3) is 0 Å². The van der Waals surface area contributed by atoms with E-state index in [2.05, 4.69) is 18.1 Å². The Bertz CT molecular complexity index is 534. The zero-order valence-corrected chi connectivity index (χ0v) is 20.8. The maximum atomic E-state index is 11.5. The monoisotopic (exact) mass is 452 g/mol. The maximum absolute atomic E-state index is 11.5. The Labute approximate surface area is 168 Å². The van der Waals surface area contributed by atoms with Crippen LogP contribution in [0.1, 0.15) is 41.5 Å². The van der Waals surface area contributed by atoms with Crippen molar-refractivity contribution in [3.05, 3.63) is 0 Å². The van der Waals surface area contributed by atoms with Crippen molar-refractivity contribution in [2.24, 2.45) is 10.8 Å². The third kappa shape index (κ3) is 17.7. The SMILES string of the molecule is CC(C)(C)C(=O)Cl.COP(=O)(CC(=O)C(C)(C)C)OC.COP(C)(=O)OC. The van der Waals surface area contributed by atoms with E-state index in [1.165, 1.54) is 35.1 Å². The van der Waals surface area contributed by atoms with Gasteiger partial charge in [0.1, 0.15) is 11.9 Å². The van der Waals surface area contributed by atoms with Crippen molar-refractivity contribution in [1.29, 1.82) is 0 Å². The van der Waals surface area contributed by atoms with E-state index in [0.29, 0.717) is 0 Å². The summed E-state index contributed by atoms with van der Waals surface area (Å²) >= 11 is 5.11. The summed E-state index contributed by atoms with van der Waals surface area (Å²) in [6.45, 7) is 12.1. The minimum Gasteiger partial charge on any atom is -0.312 e. The van der Waals surface area contributed by atoms with Crippen molar-refractivity contribution in [3.63, 3.8) is 0 Å². The van der Waals surface area contributed by atoms with Crippen LogP contribution in [0.3, 0.4) is 0 Å². The Hall–Kier alpha value is -0.0700. The smallest absolute Gasteiger partial charge is 0.312 e. The van der Waals surface area contributed by atoms with Gasteiger partial charge in [-0.15, -0.1) is 0 Å². The molecule has 0 aliphatic carbocycles. The van der Waals surface area contributed by atoms with Gasteiger partial charge >= 0.3 is 15.2 Å². The van der Waals surface area contributed by atoms with E-state index in [4.69, 9.17) is 11.6 Å². The topological polar surface area (TPSA) is 105 Å². The minimum atomic E-state index is -3.18. The van der Waals surface area contributed by atoms with Crippen molar-refractivity contribution in [2.75, 3.05) is 41.3 Å². The maximum Gasteiger partial charge on any atom is 0.337 e. The Kier molecular flexibility index (Phi) is 15.5. The average Bonchev–Trinajstić information content (AvgIpc) is 2.54. The number of hydrogen-bond acceptors (Lipinski definition) is 8. The van der Waals surface area contributed by atoms with Crippen molar-refractivity contribution < 1.29 is 36.8 Å². The normalized spacial score (nSPS) is 12.3. The third-order valence-electron chi connectivity index (χ3n) is 2.98. The molecule has 8 nitrogen and oxygen atoms in total. The molecule has 0 fully saturated rings. The molecule has 0 saturated heterocycles. The summed E-state index contributed by atoms with van der Waals surface area (Å²) in [6.07, 6.45) is -0.163. The molecule has 0 aromatic heterocycles. The van der Waals surface area contributed by atoms with Gasteiger partial charge in [0.25, 0.3) is 0 Å². The summed E-state index contributed by atoms with van der Waals surface area (Å²) in [5.41, 5.74) is -0.881. The molecule has 164 valence electrons. The lowest BCUT2D eigenvalue weighted by Gasteiger charge is -2.19. The summed E-state index contributed by atoms with van der Waals surface area (Å²) in [5, 5.41) is -0.285. The lowest BCUT2D eigenvalue weighted by atomic mass is 9.92. The van der Waals surface area contributed by atoms with Gasteiger partial charge in [-0.05, 0) is 11.6 Å². The molecule has 0 rings (SSSR count). The molecule has 11 heteroatoms. The number of hydrogen-bond donors (Lipinski definition) is 0. The van der Waals surface area contributed by atoms with Gasteiger partial charge < -0.3 is 18.1 Å². The summed E-state index contributed by atoms with van der Waals surface area (Å²) in [7, 11) is -0.579. The molecule has 0 N–H and O–H groups in total. The molecule has 0 aromatic carbocycles. The van der Waals surface area contributed by atoms with Crippen LogP contribution < -0.4 is 0 Å². The first kappa shape index (κ1) is 31.6. The zero-order chi connectivity index (χ0) is 22.7. The van der Waals surface area contributed by atoms with E-state index in [9.17, 15) is 18.7 Å². The minimum absolute atomic E-state index is 0.125. The standard InChI is InChI=1S/C8H17O4P.C5H9ClO.C3H9O3P/c1-8(2,3)7(9)6-13(10,11-4)12-5;1-5(2,3)4(6)7;1-5-7(3,4)6-2/h6H2,1-5H3;2*1-3H3. The van der Waals surface area contributed by atoms with Crippen LogP contribution in [0.15, 0.2) is 0 Å². The fraction of sp³-hybridized carbons (Fsp3) is 0.875. The Balaban J connectivity index is -0.000000350. The first-order valence-electron chi connectivity index (χ1n) is 7.94. The molecule has 0 bridgehead atoms. The highest BCUT2D eigenvalue weighted by atomic mass is 35.5. The molecule has 0 unspecified atom stereocenters. The molecule has 0 spiro atoms. The number of halogens is 1. The van der Waals surface area contributed by atoms with E-state index in [1.807, 2.05) is 0 Å². The summed E-state index contributed by atoms with van der Waals surface area (Å²) in [6, 6.07) is 0. The number of carbonyl (C=O) groups excluding carboxylic acids is 2. The molecule has 0 radical (unpaired) electrons. The molecule has 0 aliphatic heterocycles. The lowest BCUT2D eigenvalue weighted by molar-refractivity contribution is -0.124. The van der Waals surface area contributed by atoms with Crippen LogP contribution in [0.4, 0.5) is 0 Å². The van der Waals surface area contributed by atoms with Crippen molar-refractivity contribution in [3.8, 4) is 0 Å². The highest BCUT2D eigenvalue weighted by Crippen LogP contribution is 2.47. The van der Waals surface area contributed by atoms with Crippen LogP contribution in [-0.2, 0) is 36.8 Å². The molecule has 0 saturated carbocycles. The number of rotatable bonds is 6. The second-order valence-corrected chi connectivity index (χ2v) is 12.4. The second kappa shape index (κ2) is 13.2. The molecule has 0 atom stereocenters. The van der Waals surface area contributed by atoms with Crippen molar-refractivity contribution in [1.82, 2.24) is 0 Å². The van der Waals surface area contributed by atoms with E-state index in [1.54, 1.807) is 41.5 Å². The molecule has 0 amide bonds. The molecular formula is C16H35ClO8P2. The van der Waals surface area contributed by atoms with Crippen LogP contribution in [-0.4, -0.2) is 52.3 Å². The van der Waals surface area contributed by atoms with Crippen molar-refractivity contribution >= 4 is 37.8 Å². The van der Waals surface area contributed by atoms with Gasteiger partial charge in [-0.25, -0.2) is 0 Å². The molecule has 27 heavy (non-hydrogen) atoms. The summed E-state index contributed by atoms with van der Waals surface area (Å²) in [4.78, 5) is 21.7. The molecule has 0 heterocycles. The predicted molar refractivity (Wildman–Crippen MR) is 109 cm³/mol. The van der Waals surface area contributed by atoms with E-state index >= 15 is 0 Å². The summed E-state index contributed by atoms with van der Waals surface area (Å²) < 4.78 is 40.2. The molecule has 0 aromatic rings. The first-order chi connectivity index (χ1) is 11.8. The third-order valence-corrected chi connectivity index (χ3v) is 6.66. The zero-order valence-electron chi connectivity index (χ0n) is 18.2. The second-order valence-electron chi connectivity index (χ2n) is 7.47. The molecule has 0 aliphatic rings. The van der Waals surface area contributed by atoms with Gasteiger partial charge in [0.15, 0.2) is 0 Å². The Morgan fingerprint density at radius 3 is 1.19 bits per heavy atom. The number of Topliss-reactive ketones (excluding diaryl/α,β-unsaturated/α-hetero) is 1. The van der Waals surface area contributed by atoms with Crippen LogP contribution >= 0.6 is 26.8 Å². The van der Waals surface area contributed by atoms with Gasteiger partial charge in [-0.3, -0.25) is 18.7 Å². The van der Waals surface area contributed by atoms with E-state index < -0.39 is 20.6 Å². The van der Waals surface area contributed by atoms with Gasteiger partial charge in [0, 0.05) is 45.9 Å². The van der Waals surface area contributed by atoms with Gasteiger partial charge in [0.2, 0.25) is 5.24 Å². The largest absolute Gasteiger partial charge is 0.337 e. The summed E-state index contributed by atoms with van der Waals surface area (Å²) in [5.74, 6) is -0.125. The van der Waals surface area contributed by atoms with Crippen LogP contribution in [0, 0.1) is 10.8 Å². The first-order valence-corrected chi connectivity index (χ1v) is 12.0. The fourth-order valence-corrected chi connectivity index (χ4v) is 2.07. The van der Waals surface area contributed by atoms with Crippen LogP contribution in [0.2, 0.25) is 0 Å². The van der Waals surface area contributed by atoms with Gasteiger partial charge in [0.05, 0.1) is 0 Å². The average molecular weight is 453 g/mol. The van der Waals surface area contributed by atoms with Crippen molar-refractivity contribution in [2.45, 2.75) is 41.5 Å². The fourth-order valence-electron chi connectivity index (χ4n) is 0.691. The number of carbonyl (C=O) groups is 2. The van der Waals surface area contributed by atoms with Gasteiger partial charge in [-0.1, -0.05) is 41.5 Å². The number of ketones is 1. The quantitative estimate of drug-likeness (QED) is 0.410. The van der Waals surface area contributed by atoms with E-state index in [0.717, 1.165) is 0 Å². The van der Waals surface area contributed by atoms with Crippen LogP contribution in [0.5, 0.6) is 0 Å². The lowest BCUT2D eigenvalue weighted by Crippen LogP contribution is -2.24.